The Morgan fingerprint density at radius 1 is 1.59 bits per heavy atom. The number of anilines is 1. The maximum Gasteiger partial charge on any atom is 0.285 e. The van der Waals surface area contributed by atoms with Crippen molar-refractivity contribution in [2.24, 2.45) is 5.10 Å². The van der Waals surface area contributed by atoms with Crippen molar-refractivity contribution in [2.45, 2.75) is 0 Å². The maximum absolute atomic E-state index is 11.1. The lowest BCUT2D eigenvalue weighted by Gasteiger charge is -1.99. The van der Waals surface area contributed by atoms with E-state index in [0.717, 1.165) is 0 Å². The second-order valence-electron chi connectivity index (χ2n) is 2.94. The van der Waals surface area contributed by atoms with Gasteiger partial charge in [-0.05, 0) is 28.1 Å². The first-order valence-corrected chi connectivity index (χ1v) is 5.61. The van der Waals surface area contributed by atoms with Crippen molar-refractivity contribution in [3.05, 3.63) is 44.1 Å². The molecule has 17 heavy (non-hydrogen) atoms. The number of rotatable bonds is 3. The van der Waals surface area contributed by atoms with Crippen LogP contribution >= 0.6 is 27.5 Å². The highest BCUT2D eigenvalue weighted by atomic mass is 79.9. The topological polar surface area (TPSA) is 83.3 Å². The molecular formula is C9H6BrClN4O2. The lowest BCUT2D eigenvalue weighted by atomic mass is 10.5. The van der Waals surface area contributed by atoms with E-state index in [1.54, 1.807) is 12.1 Å². The molecule has 88 valence electrons. The first-order chi connectivity index (χ1) is 8.16. The van der Waals surface area contributed by atoms with Gasteiger partial charge in [0.25, 0.3) is 5.56 Å². The molecule has 0 atom stereocenters. The molecular weight excluding hydrogens is 311 g/mol. The van der Waals surface area contributed by atoms with Crippen LogP contribution in [0, 0.1) is 0 Å². The highest BCUT2D eigenvalue weighted by Gasteiger charge is 2.03. The van der Waals surface area contributed by atoms with Crippen molar-refractivity contribution in [3.63, 3.8) is 0 Å². The van der Waals surface area contributed by atoms with Crippen LogP contribution in [0.1, 0.15) is 5.76 Å². The van der Waals surface area contributed by atoms with Gasteiger partial charge in [0.15, 0.2) is 4.67 Å². The van der Waals surface area contributed by atoms with E-state index in [2.05, 4.69) is 36.7 Å². The Balaban J connectivity index is 2.10. The zero-order valence-electron chi connectivity index (χ0n) is 8.28. The van der Waals surface area contributed by atoms with Gasteiger partial charge in [-0.3, -0.25) is 10.2 Å². The molecule has 0 unspecified atom stereocenters. The highest BCUT2D eigenvalue weighted by molar-refractivity contribution is 9.10. The van der Waals surface area contributed by atoms with E-state index in [9.17, 15) is 4.79 Å². The summed E-state index contributed by atoms with van der Waals surface area (Å²) in [6.45, 7) is 0. The summed E-state index contributed by atoms with van der Waals surface area (Å²) in [5.41, 5.74) is 2.43. The molecule has 0 spiro atoms. The third-order valence-electron chi connectivity index (χ3n) is 1.77. The van der Waals surface area contributed by atoms with E-state index < -0.39 is 5.56 Å². The number of nitrogens with zero attached hydrogens (tertiary/aromatic N) is 2. The smallest absolute Gasteiger partial charge is 0.285 e. The van der Waals surface area contributed by atoms with Crippen LogP contribution < -0.4 is 11.0 Å². The quantitative estimate of drug-likeness (QED) is 0.671. The predicted molar refractivity (Wildman–Crippen MR) is 67.5 cm³/mol. The van der Waals surface area contributed by atoms with Crippen LogP contribution in [0.2, 0.25) is 5.02 Å². The summed E-state index contributed by atoms with van der Waals surface area (Å²) >= 11 is 8.89. The van der Waals surface area contributed by atoms with Gasteiger partial charge in [-0.15, -0.1) is 0 Å². The number of hydrogen-bond donors (Lipinski definition) is 2. The monoisotopic (exact) mass is 316 g/mol. The van der Waals surface area contributed by atoms with Crippen molar-refractivity contribution in [1.82, 2.24) is 10.2 Å². The SMILES string of the molecule is O=c1[nH]ncc(N/N=C/c2ccc(Br)o2)c1Cl. The number of furan rings is 1. The van der Waals surface area contributed by atoms with Gasteiger partial charge >= 0.3 is 0 Å². The molecule has 8 heteroatoms. The number of aromatic amines is 1. The highest BCUT2D eigenvalue weighted by Crippen LogP contribution is 2.15. The molecule has 0 aromatic carbocycles. The fraction of sp³-hybridized carbons (Fsp3) is 0. The predicted octanol–water partition coefficient (Wildman–Crippen LogP) is 2.22. The second-order valence-corrected chi connectivity index (χ2v) is 4.10. The first-order valence-electron chi connectivity index (χ1n) is 4.44. The van der Waals surface area contributed by atoms with Gasteiger partial charge in [0, 0.05) is 0 Å². The summed E-state index contributed by atoms with van der Waals surface area (Å²) in [4.78, 5) is 11.1. The van der Waals surface area contributed by atoms with Crippen molar-refractivity contribution >= 4 is 39.4 Å². The van der Waals surface area contributed by atoms with Crippen LogP contribution in [0.5, 0.6) is 0 Å². The molecule has 0 bridgehead atoms. The molecule has 2 rings (SSSR count). The number of aromatic nitrogens is 2. The Kier molecular flexibility index (Phi) is 3.60. The normalized spacial score (nSPS) is 10.9. The first kappa shape index (κ1) is 11.9. The fourth-order valence-corrected chi connectivity index (χ4v) is 1.48. The summed E-state index contributed by atoms with van der Waals surface area (Å²) in [6.07, 6.45) is 2.81. The zero-order chi connectivity index (χ0) is 12.3. The molecule has 2 heterocycles. The third kappa shape index (κ3) is 2.95. The number of hydrogen-bond acceptors (Lipinski definition) is 5. The van der Waals surface area contributed by atoms with Crippen LogP contribution in [0.4, 0.5) is 5.69 Å². The molecule has 0 aliphatic heterocycles. The molecule has 0 saturated heterocycles. The molecule has 6 nitrogen and oxygen atoms in total. The minimum absolute atomic E-state index is 0.00206. The summed E-state index contributed by atoms with van der Waals surface area (Å²) in [5.74, 6) is 0.554. The molecule has 0 fully saturated rings. The lowest BCUT2D eigenvalue weighted by Crippen LogP contribution is -2.09. The van der Waals surface area contributed by atoms with Crippen LogP contribution in [-0.2, 0) is 0 Å². The fourth-order valence-electron chi connectivity index (χ4n) is 1.02. The minimum Gasteiger partial charge on any atom is -0.448 e. The molecule has 2 aromatic rings. The van der Waals surface area contributed by atoms with Crippen molar-refractivity contribution in [3.8, 4) is 0 Å². The Labute approximate surface area is 109 Å². The van der Waals surface area contributed by atoms with Gasteiger partial charge in [-0.2, -0.15) is 10.2 Å². The van der Waals surface area contributed by atoms with Crippen LogP contribution in [-0.4, -0.2) is 16.4 Å². The minimum atomic E-state index is -0.479. The Morgan fingerprint density at radius 3 is 3.12 bits per heavy atom. The van der Waals surface area contributed by atoms with Crippen LogP contribution in [0.3, 0.4) is 0 Å². The molecule has 0 aliphatic rings. The Morgan fingerprint density at radius 2 is 2.41 bits per heavy atom. The zero-order valence-corrected chi connectivity index (χ0v) is 10.6. The molecule has 0 radical (unpaired) electrons. The second kappa shape index (κ2) is 5.15. The summed E-state index contributed by atoms with van der Waals surface area (Å²) < 4.78 is 5.79. The number of halogens is 2. The lowest BCUT2D eigenvalue weighted by molar-refractivity contribution is 0.534. The van der Waals surface area contributed by atoms with Crippen molar-refractivity contribution < 1.29 is 4.42 Å². The third-order valence-corrected chi connectivity index (χ3v) is 2.57. The Bertz CT molecular complexity index is 607. The average Bonchev–Trinajstić information content (AvgIpc) is 2.70. The van der Waals surface area contributed by atoms with Crippen molar-refractivity contribution in [1.29, 1.82) is 0 Å². The van der Waals surface area contributed by atoms with E-state index in [0.29, 0.717) is 16.1 Å². The molecule has 0 saturated carbocycles. The maximum atomic E-state index is 11.1. The summed E-state index contributed by atoms with van der Waals surface area (Å²) in [6, 6.07) is 3.47. The molecule has 2 N–H and O–H groups in total. The molecule has 0 aliphatic carbocycles. The van der Waals surface area contributed by atoms with Crippen molar-refractivity contribution in [2.75, 3.05) is 5.43 Å². The van der Waals surface area contributed by atoms with Gasteiger partial charge in [-0.1, -0.05) is 11.6 Å². The van der Waals surface area contributed by atoms with Crippen LogP contribution in [0.15, 0.2) is 37.3 Å². The van der Waals surface area contributed by atoms with Gasteiger partial charge in [0.2, 0.25) is 0 Å². The average molecular weight is 318 g/mol. The van der Waals surface area contributed by atoms with Gasteiger partial charge < -0.3 is 4.42 Å². The standard InChI is InChI=1S/C9H6BrClN4O2/c10-7-2-1-5(17-7)3-12-14-6-4-13-15-9(16)8(6)11/h1-4H,(H2,14,15,16)/b12-3+. The van der Waals surface area contributed by atoms with Crippen LogP contribution in [0.25, 0.3) is 0 Å². The van der Waals surface area contributed by atoms with E-state index in [-0.39, 0.29) is 5.02 Å². The number of hydrazone groups is 1. The Hall–Kier alpha value is -1.60. The van der Waals surface area contributed by atoms with Gasteiger partial charge in [-0.25, -0.2) is 5.10 Å². The van der Waals surface area contributed by atoms with Gasteiger partial charge in [0.05, 0.1) is 12.4 Å². The summed E-state index contributed by atoms with van der Waals surface area (Å²) in [7, 11) is 0. The molecule has 2 aromatic heterocycles. The van der Waals surface area contributed by atoms with E-state index in [4.69, 9.17) is 16.0 Å². The largest absolute Gasteiger partial charge is 0.448 e. The summed E-state index contributed by atoms with van der Waals surface area (Å²) in [5, 5.41) is 9.64. The van der Waals surface area contributed by atoms with E-state index >= 15 is 0 Å². The molecule has 0 amide bonds. The number of H-pyrrole nitrogens is 1. The van der Waals surface area contributed by atoms with Gasteiger partial charge in [0.1, 0.15) is 16.5 Å². The van der Waals surface area contributed by atoms with E-state index in [1.807, 2.05) is 0 Å². The number of nitrogens with one attached hydrogen (secondary N) is 2. The van der Waals surface area contributed by atoms with E-state index in [1.165, 1.54) is 12.4 Å².